The maximum Gasteiger partial charge on any atom is 0.416 e. The summed E-state index contributed by atoms with van der Waals surface area (Å²) in [5, 5.41) is 9.39. The topological polar surface area (TPSA) is 155 Å². The molecular formula is C37H41BrN2O10. The number of hydrogen-bond donors (Lipinski definition) is 1. The standard InChI is InChI=1S/C30H30N2O7.C7H11BrO3/c1-20-27(39-29(31-20)23-7-5-4-6-8-23)17-18-37-25-11-9-22(10-12-25)21(2)32(19-28(33)34)30(35)38-26-15-13-24(36-3)14-16-26;1-3-11-7(10)4-6(9)5(2)8/h4-16,21H,17-19H2,1-3H3,(H,33,34);5H,3-4H2,1-2H3/t21-;/m0./s1. The molecule has 4 aromatic rings. The number of rotatable bonds is 15. The zero-order chi connectivity index (χ0) is 36.6. The Morgan fingerprint density at radius 2 is 1.54 bits per heavy atom. The Hall–Kier alpha value is -5.17. The molecule has 1 aromatic heterocycles. The van der Waals surface area contributed by atoms with Crippen molar-refractivity contribution in [2.24, 2.45) is 0 Å². The van der Waals surface area contributed by atoms with Gasteiger partial charge in [-0.2, -0.15) is 0 Å². The molecule has 1 N–H and O–H groups in total. The van der Waals surface area contributed by atoms with E-state index in [9.17, 15) is 24.3 Å². The normalized spacial score (nSPS) is 11.6. The van der Waals surface area contributed by atoms with E-state index >= 15 is 0 Å². The molecule has 0 aliphatic rings. The fourth-order valence-electron chi connectivity index (χ4n) is 4.45. The smallest absolute Gasteiger partial charge is 0.416 e. The third-order valence-electron chi connectivity index (χ3n) is 7.21. The van der Waals surface area contributed by atoms with Crippen molar-refractivity contribution < 1.29 is 47.6 Å². The summed E-state index contributed by atoms with van der Waals surface area (Å²) in [5.74, 6) is 1.12. The number of amides is 1. The van der Waals surface area contributed by atoms with Crippen LogP contribution in [-0.4, -0.2) is 70.5 Å². The Labute approximate surface area is 299 Å². The lowest BCUT2D eigenvalue weighted by Crippen LogP contribution is -2.39. The van der Waals surface area contributed by atoms with Gasteiger partial charge in [-0.05, 0) is 81.8 Å². The molecule has 1 unspecified atom stereocenters. The number of benzene rings is 3. The largest absolute Gasteiger partial charge is 0.497 e. The molecule has 4 rings (SSSR count). The number of alkyl halides is 1. The molecule has 0 saturated heterocycles. The Balaban J connectivity index is 0.000000530. The van der Waals surface area contributed by atoms with Gasteiger partial charge in [0.2, 0.25) is 5.89 Å². The van der Waals surface area contributed by atoms with Gasteiger partial charge >= 0.3 is 18.0 Å². The molecule has 0 fully saturated rings. The fourth-order valence-corrected chi connectivity index (χ4v) is 4.61. The minimum atomic E-state index is -1.15. The molecule has 0 bridgehead atoms. The molecule has 0 aliphatic carbocycles. The quantitative estimate of drug-likeness (QED) is 0.0744. The molecular weight excluding hydrogens is 712 g/mol. The van der Waals surface area contributed by atoms with E-state index in [4.69, 9.17) is 18.6 Å². The Bertz CT molecular complexity index is 1690. The van der Waals surface area contributed by atoms with Crippen LogP contribution in [0.3, 0.4) is 0 Å². The summed E-state index contributed by atoms with van der Waals surface area (Å²) in [4.78, 5) is 51.3. The summed E-state index contributed by atoms with van der Waals surface area (Å²) in [6.45, 7) is 7.23. The van der Waals surface area contributed by atoms with Crippen molar-refractivity contribution in [3.05, 3.63) is 95.9 Å². The van der Waals surface area contributed by atoms with Crippen molar-refractivity contribution in [3.8, 4) is 28.7 Å². The number of ether oxygens (including phenoxy) is 4. The predicted octanol–water partition coefficient (Wildman–Crippen LogP) is 7.22. The molecule has 3 aromatic carbocycles. The van der Waals surface area contributed by atoms with Crippen LogP contribution < -0.4 is 14.2 Å². The number of methoxy groups -OCH3 is 1. The SMILES string of the molecule is CCOC(=O)CC(=O)C(C)Br.COc1ccc(OC(=O)N(CC(=O)O)[C@@H](C)c2ccc(OCCc3oc(-c4ccccc4)nc3C)cc2)cc1. The number of carbonyl (C=O) groups excluding carboxylic acids is 3. The number of aryl methyl sites for hydroxylation is 1. The van der Waals surface area contributed by atoms with Gasteiger partial charge in [0.05, 0.1) is 36.9 Å². The highest BCUT2D eigenvalue weighted by Gasteiger charge is 2.26. The molecule has 1 amide bonds. The molecule has 50 heavy (non-hydrogen) atoms. The number of carboxylic acid groups (broad SMARTS) is 1. The highest BCUT2D eigenvalue weighted by molar-refractivity contribution is 9.10. The average molecular weight is 754 g/mol. The molecule has 0 radical (unpaired) electrons. The Kier molecular flexibility index (Phi) is 15.5. The van der Waals surface area contributed by atoms with Crippen LogP contribution in [0.2, 0.25) is 0 Å². The van der Waals surface area contributed by atoms with Crippen LogP contribution in [0.15, 0.2) is 83.3 Å². The molecule has 0 aliphatic heterocycles. The summed E-state index contributed by atoms with van der Waals surface area (Å²) in [7, 11) is 1.53. The van der Waals surface area contributed by atoms with E-state index in [1.807, 2.05) is 37.3 Å². The summed E-state index contributed by atoms with van der Waals surface area (Å²) in [6, 6.07) is 22.8. The maximum atomic E-state index is 12.9. The second kappa shape index (κ2) is 19.7. The van der Waals surface area contributed by atoms with Crippen LogP contribution >= 0.6 is 15.9 Å². The van der Waals surface area contributed by atoms with Gasteiger partial charge in [-0.1, -0.05) is 46.3 Å². The minimum absolute atomic E-state index is 0.139. The summed E-state index contributed by atoms with van der Waals surface area (Å²) < 4.78 is 26.9. The lowest BCUT2D eigenvalue weighted by molar-refractivity contribution is -0.145. The molecule has 12 nitrogen and oxygen atoms in total. The fraction of sp³-hybridized carbons (Fsp3) is 0.324. The lowest BCUT2D eigenvalue weighted by atomic mass is 10.1. The Morgan fingerprint density at radius 1 is 0.920 bits per heavy atom. The van der Waals surface area contributed by atoms with Crippen LogP contribution in [0.1, 0.15) is 50.3 Å². The van der Waals surface area contributed by atoms with E-state index in [2.05, 4.69) is 25.7 Å². The van der Waals surface area contributed by atoms with Crippen molar-refractivity contribution in [1.29, 1.82) is 0 Å². The number of halogens is 1. The first-order chi connectivity index (χ1) is 23.9. The highest BCUT2D eigenvalue weighted by atomic mass is 79.9. The average Bonchev–Trinajstić information content (AvgIpc) is 3.48. The maximum absolute atomic E-state index is 12.9. The minimum Gasteiger partial charge on any atom is -0.497 e. The van der Waals surface area contributed by atoms with Crippen molar-refractivity contribution in [2.75, 3.05) is 26.9 Å². The van der Waals surface area contributed by atoms with Crippen molar-refractivity contribution >= 4 is 39.7 Å². The Morgan fingerprint density at radius 3 is 2.12 bits per heavy atom. The first-order valence-corrected chi connectivity index (χ1v) is 16.7. The van der Waals surface area contributed by atoms with Gasteiger partial charge in [0.25, 0.3) is 0 Å². The van der Waals surface area contributed by atoms with E-state index in [0.717, 1.165) is 27.5 Å². The van der Waals surface area contributed by atoms with Gasteiger partial charge in [0.15, 0.2) is 5.78 Å². The van der Waals surface area contributed by atoms with Crippen LogP contribution in [0.25, 0.3) is 11.5 Å². The van der Waals surface area contributed by atoms with Crippen molar-refractivity contribution in [3.63, 3.8) is 0 Å². The first kappa shape index (κ1) is 39.3. The van der Waals surface area contributed by atoms with Gasteiger partial charge in [0.1, 0.15) is 36.0 Å². The van der Waals surface area contributed by atoms with Crippen molar-refractivity contribution in [1.82, 2.24) is 9.88 Å². The number of ketones is 1. The van der Waals surface area contributed by atoms with Crippen molar-refractivity contribution in [2.45, 2.75) is 51.4 Å². The number of hydrogen-bond acceptors (Lipinski definition) is 10. The summed E-state index contributed by atoms with van der Waals surface area (Å²) >= 11 is 3.06. The van der Waals surface area contributed by atoms with Crippen LogP contribution in [-0.2, 0) is 25.5 Å². The van der Waals surface area contributed by atoms with E-state index in [-0.39, 0.29) is 22.8 Å². The predicted molar refractivity (Wildman–Crippen MR) is 189 cm³/mol. The van der Waals surface area contributed by atoms with Gasteiger partial charge in [0, 0.05) is 12.0 Å². The number of nitrogens with zero attached hydrogens (tertiary/aromatic N) is 2. The van der Waals surface area contributed by atoms with Gasteiger partial charge in [-0.3, -0.25) is 19.3 Å². The van der Waals surface area contributed by atoms with E-state index in [0.29, 0.717) is 37.0 Å². The van der Waals surface area contributed by atoms with Gasteiger partial charge < -0.3 is 28.5 Å². The molecule has 13 heteroatoms. The van der Waals surface area contributed by atoms with Gasteiger partial charge in [-0.25, -0.2) is 9.78 Å². The molecule has 0 spiro atoms. The molecule has 266 valence electrons. The third kappa shape index (κ3) is 12.4. The number of esters is 1. The number of Topliss-reactive ketones (excluding diaryl/α,β-unsaturated/α-hetero) is 1. The van der Waals surface area contributed by atoms with E-state index < -0.39 is 30.6 Å². The number of carboxylic acids is 1. The first-order valence-electron chi connectivity index (χ1n) is 15.8. The monoisotopic (exact) mass is 752 g/mol. The summed E-state index contributed by atoms with van der Waals surface area (Å²) in [5.41, 5.74) is 2.47. The number of aliphatic carboxylic acids is 1. The van der Waals surface area contributed by atoms with E-state index in [1.54, 1.807) is 69.3 Å². The van der Waals surface area contributed by atoms with Crippen LogP contribution in [0.5, 0.6) is 17.2 Å². The zero-order valence-corrected chi connectivity index (χ0v) is 30.2. The number of oxazole rings is 1. The molecule has 1 heterocycles. The second-order valence-electron chi connectivity index (χ2n) is 10.9. The van der Waals surface area contributed by atoms with E-state index in [1.165, 1.54) is 7.11 Å². The lowest BCUT2D eigenvalue weighted by Gasteiger charge is -2.27. The third-order valence-corrected chi connectivity index (χ3v) is 7.72. The summed E-state index contributed by atoms with van der Waals surface area (Å²) in [6.07, 6.45) is -0.360. The van der Waals surface area contributed by atoms with Crippen LogP contribution in [0, 0.1) is 6.92 Å². The number of carbonyl (C=O) groups is 4. The number of aromatic nitrogens is 1. The second-order valence-corrected chi connectivity index (χ2v) is 12.2. The molecule has 2 atom stereocenters. The van der Waals surface area contributed by atoms with Gasteiger partial charge in [-0.15, -0.1) is 0 Å². The molecule has 0 saturated carbocycles. The highest BCUT2D eigenvalue weighted by Crippen LogP contribution is 2.26. The van der Waals surface area contributed by atoms with Crippen LogP contribution in [0.4, 0.5) is 4.79 Å². The zero-order valence-electron chi connectivity index (χ0n) is 28.6.